The molecular formula is C31H37NS. The number of hydrogen-bond donors (Lipinski definition) is 0. The van der Waals surface area contributed by atoms with E-state index in [1.54, 1.807) is 0 Å². The number of aliphatic imine (C=N–C) groups is 1. The van der Waals surface area contributed by atoms with Crippen LogP contribution in [0.15, 0.2) is 106 Å². The third-order valence-corrected chi connectivity index (χ3v) is 7.07. The first-order valence-electron chi connectivity index (χ1n) is 12.3. The minimum absolute atomic E-state index is 0.340. The van der Waals surface area contributed by atoms with E-state index in [1.807, 2.05) is 11.8 Å². The van der Waals surface area contributed by atoms with Gasteiger partial charge in [0.25, 0.3) is 0 Å². The fourth-order valence-electron chi connectivity index (χ4n) is 3.96. The highest BCUT2D eigenvalue weighted by Gasteiger charge is 2.13. The summed E-state index contributed by atoms with van der Waals surface area (Å²) in [6, 6.07) is 30.1. The zero-order chi connectivity index (χ0) is 23.3. The molecule has 3 aromatic rings. The van der Waals surface area contributed by atoms with E-state index in [2.05, 4.69) is 105 Å². The number of hydrogen-bond acceptors (Lipinski definition) is 2. The fraction of sp³-hybridized carbons (Fsp3) is 0.323. The van der Waals surface area contributed by atoms with Gasteiger partial charge in [-0.05, 0) is 60.2 Å². The summed E-state index contributed by atoms with van der Waals surface area (Å²) in [6.45, 7) is 9.67. The Morgan fingerprint density at radius 3 is 2.09 bits per heavy atom. The quantitative estimate of drug-likeness (QED) is 0.185. The largest absolute Gasteiger partial charge is 0.293 e. The van der Waals surface area contributed by atoms with Crippen molar-refractivity contribution < 1.29 is 0 Å². The van der Waals surface area contributed by atoms with Crippen molar-refractivity contribution in [3.8, 4) is 0 Å². The zero-order valence-corrected chi connectivity index (χ0v) is 21.0. The van der Waals surface area contributed by atoms with E-state index in [1.165, 1.54) is 57.9 Å². The molecule has 0 radical (unpaired) electrons. The Kier molecular flexibility index (Phi) is 10.5. The Morgan fingerprint density at radius 1 is 0.788 bits per heavy atom. The maximum absolute atomic E-state index is 5.10. The highest BCUT2D eigenvalue weighted by molar-refractivity contribution is 7.99. The number of unbranched alkanes of at least 4 members (excludes halogenated alkanes) is 3. The van der Waals surface area contributed by atoms with Crippen molar-refractivity contribution in [1.82, 2.24) is 0 Å². The van der Waals surface area contributed by atoms with Crippen LogP contribution in [0.1, 0.15) is 69.4 Å². The molecule has 33 heavy (non-hydrogen) atoms. The van der Waals surface area contributed by atoms with Crippen molar-refractivity contribution in [2.45, 2.75) is 68.1 Å². The van der Waals surface area contributed by atoms with Crippen LogP contribution < -0.4 is 0 Å². The smallest absolute Gasteiger partial charge is 0.0429 e. The molecule has 1 nitrogen and oxygen atoms in total. The van der Waals surface area contributed by atoms with Crippen LogP contribution in [0.3, 0.4) is 0 Å². The molecule has 0 fully saturated rings. The van der Waals surface area contributed by atoms with Gasteiger partial charge in [-0.3, -0.25) is 4.99 Å². The fourth-order valence-corrected chi connectivity index (χ4v) is 4.80. The molecule has 1 atom stereocenters. The molecule has 0 aliphatic rings. The molecule has 2 heteroatoms. The van der Waals surface area contributed by atoms with Gasteiger partial charge in [-0.15, -0.1) is 0 Å². The van der Waals surface area contributed by atoms with E-state index in [4.69, 9.17) is 4.99 Å². The van der Waals surface area contributed by atoms with Crippen LogP contribution in [-0.2, 0) is 0 Å². The number of rotatable bonds is 13. The average Bonchev–Trinajstić information content (AvgIpc) is 2.86. The minimum atomic E-state index is 0.340. The summed E-state index contributed by atoms with van der Waals surface area (Å²) in [5.74, 6) is 0.340. The van der Waals surface area contributed by atoms with E-state index in [0.29, 0.717) is 5.92 Å². The molecule has 0 heterocycles. The van der Waals surface area contributed by atoms with Crippen LogP contribution in [-0.4, -0.2) is 12.3 Å². The molecule has 0 spiro atoms. The molecule has 0 saturated carbocycles. The van der Waals surface area contributed by atoms with Gasteiger partial charge in [0.2, 0.25) is 0 Å². The molecular weight excluding hydrogens is 418 g/mol. The van der Waals surface area contributed by atoms with Crippen LogP contribution in [0.5, 0.6) is 0 Å². The molecule has 172 valence electrons. The van der Waals surface area contributed by atoms with Gasteiger partial charge in [-0.25, -0.2) is 0 Å². The van der Waals surface area contributed by atoms with Gasteiger partial charge in [0.15, 0.2) is 0 Å². The van der Waals surface area contributed by atoms with Crippen molar-refractivity contribution in [2.75, 3.05) is 6.54 Å². The molecule has 0 amide bonds. The summed E-state index contributed by atoms with van der Waals surface area (Å²) in [7, 11) is 0. The highest BCUT2D eigenvalue weighted by Crippen LogP contribution is 2.29. The Bertz CT molecular complexity index is 990. The second kappa shape index (κ2) is 13.9. The van der Waals surface area contributed by atoms with Crippen molar-refractivity contribution in [2.24, 2.45) is 4.99 Å². The molecule has 3 aromatic carbocycles. The Labute approximate surface area is 205 Å². The molecule has 0 N–H and O–H groups in total. The lowest BCUT2D eigenvalue weighted by atomic mass is 9.92. The lowest BCUT2D eigenvalue weighted by molar-refractivity contribution is 0.676. The molecule has 0 saturated heterocycles. The summed E-state index contributed by atoms with van der Waals surface area (Å²) >= 11 is 1.81. The van der Waals surface area contributed by atoms with E-state index in [-0.39, 0.29) is 0 Å². The van der Waals surface area contributed by atoms with Gasteiger partial charge in [-0.1, -0.05) is 112 Å². The Morgan fingerprint density at radius 2 is 1.42 bits per heavy atom. The summed E-state index contributed by atoms with van der Waals surface area (Å²) in [5.41, 5.74) is 5.07. The monoisotopic (exact) mass is 455 g/mol. The zero-order valence-electron chi connectivity index (χ0n) is 20.2. The second-order valence-electron chi connectivity index (χ2n) is 8.61. The van der Waals surface area contributed by atoms with Gasteiger partial charge < -0.3 is 0 Å². The topological polar surface area (TPSA) is 12.4 Å². The first-order chi connectivity index (χ1) is 16.2. The van der Waals surface area contributed by atoms with Crippen LogP contribution in [0.2, 0.25) is 0 Å². The lowest BCUT2D eigenvalue weighted by Gasteiger charge is -2.17. The maximum Gasteiger partial charge on any atom is 0.0429 e. The summed E-state index contributed by atoms with van der Waals surface area (Å²) in [4.78, 5) is 7.65. The first kappa shape index (κ1) is 25.1. The number of benzene rings is 3. The highest BCUT2D eigenvalue weighted by atomic mass is 32.2. The molecule has 0 bridgehead atoms. The Balaban J connectivity index is 1.65. The van der Waals surface area contributed by atoms with Crippen LogP contribution in [0.25, 0.3) is 5.57 Å². The van der Waals surface area contributed by atoms with E-state index in [0.717, 1.165) is 19.4 Å². The van der Waals surface area contributed by atoms with Crippen molar-refractivity contribution in [3.05, 3.63) is 103 Å². The van der Waals surface area contributed by atoms with E-state index >= 15 is 0 Å². The van der Waals surface area contributed by atoms with Gasteiger partial charge in [-0.2, -0.15) is 0 Å². The molecule has 1 unspecified atom stereocenters. The van der Waals surface area contributed by atoms with Crippen molar-refractivity contribution in [3.63, 3.8) is 0 Å². The van der Waals surface area contributed by atoms with Gasteiger partial charge in [0, 0.05) is 28.0 Å². The predicted octanol–water partition coefficient (Wildman–Crippen LogP) is 9.46. The molecule has 0 aromatic heterocycles. The SMILES string of the molecule is C=C(CCN=C(CCCCCC)C(C)c1ccc(Sc2ccccc2)cc1)c1ccccc1. The van der Waals surface area contributed by atoms with Crippen molar-refractivity contribution in [1.29, 1.82) is 0 Å². The predicted molar refractivity (Wildman–Crippen MR) is 147 cm³/mol. The summed E-state index contributed by atoms with van der Waals surface area (Å²) < 4.78 is 0. The lowest BCUT2D eigenvalue weighted by Crippen LogP contribution is -2.11. The molecule has 0 aliphatic heterocycles. The van der Waals surface area contributed by atoms with Crippen LogP contribution in [0, 0.1) is 0 Å². The van der Waals surface area contributed by atoms with Gasteiger partial charge in [0.05, 0.1) is 0 Å². The van der Waals surface area contributed by atoms with Gasteiger partial charge >= 0.3 is 0 Å². The van der Waals surface area contributed by atoms with E-state index < -0.39 is 0 Å². The second-order valence-corrected chi connectivity index (χ2v) is 9.76. The van der Waals surface area contributed by atoms with Crippen LogP contribution >= 0.6 is 11.8 Å². The standard InChI is InChI=1S/C31H37NS/c1-4-5-6-13-18-31(32-24-23-25(2)27-14-9-7-10-15-27)26(3)28-19-21-30(22-20-28)33-29-16-11-8-12-17-29/h7-12,14-17,19-22,26H,2,4-6,13,18,23-24H2,1,3H3. The average molecular weight is 456 g/mol. The third-order valence-electron chi connectivity index (χ3n) is 6.06. The minimum Gasteiger partial charge on any atom is -0.293 e. The number of nitrogens with zero attached hydrogens (tertiary/aromatic N) is 1. The third kappa shape index (κ3) is 8.37. The van der Waals surface area contributed by atoms with E-state index in [9.17, 15) is 0 Å². The van der Waals surface area contributed by atoms with Crippen LogP contribution in [0.4, 0.5) is 0 Å². The molecule has 0 aliphatic carbocycles. The summed E-state index contributed by atoms with van der Waals surface area (Å²) in [5, 5.41) is 0. The maximum atomic E-state index is 5.10. The first-order valence-corrected chi connectivity index (χ1v) is 13.1. The summed E-state index contributed by atoms with van der Waals surface area (Å²) in [6.07, 6.45) is 7.06. The van der Waals surface area contributed by atoms with Crippen molar-refractivity contribution >= 4 is 23.0 Å². The van der Waals surface area contributed by atoms with Gasteiger partial charge in [0.1, 0.15) is 0 Å². The normalized spacial score (nSPS) is 12.5. The molecule has 3 rings (SSSR count). The Hall–Kier alpha value is -2.58.